The van der Waals surface area contributed by atoms with Crippen molar-refractivity contribution in [2.75, 3.05) is 25.1 Å². The van der Waals surface area contributed by atoms with Crippen LogP contribution in [0.3, 0.4) is 0 Å². The molecule has 1 aromatic carbocycles. The maximum absolute atomic E-state index is 14.1. The number of rotatable bonds is 6. The second kappa shape index (κ2) is 7.07. The molecule has 0 bridgehead atoms. The number of nitrogens with zero attached hydrogens (tertiary/aromatic N) is 1. The summed E-state index contributed by atoms with van der Waals surface area (Å²) in [5.74, 6) is -0.273. The Morgan fingerprint density at radius 3 is 2.67 bits per heavy atom. The maximum atomic E-state index is 14.1. The molecule has 1 rings (SSSR count). The van der Waals surface area contributed by atoms with Crippen LogP contribution in [0, 0.1) is 5.82 Å². The average molecular weight is 319 g/mol. The first-order chi connectivity index (χ1) is 8.47. The van der Waals surface area contributed by atoms with Crippen LogP contribution in [-0.2, 0) is 11.3 Å². The molecule has 0 radical (unpaired) electrons. The van der Waals surface area contributed by atoms with Crippen LogP contribution >= 0.6 is 15.9 Å². The van der Waals surface area contributed by atoms with Gasteiger partial charge in [-0.05, 0) is 41.4 Å². The second-order valence-corrected chi connectivity index (χ2v) is 5.21. The molecule has 2 N–H and O–H groups in total. The smallest absolute Gasteiger partial charge is 0.160 e. The Hall–Kier alpha value is -0.650. The molecular formula is C13H20BrFN2O. The highest BCUT2D eigenvalue weighted by Crippen LogP contribution is 2.28. The molecule has 0 aliphatic carbocycles. The highest BCUT2D eigenvalue weighted by Gasteiger charge is 2.13. The molecule has 0 heterocycles. The first-order valence-corrected chi connectivity index (χ1v) is 6.76. The third-order valence-corrected chi connectivity index (χ3v) is 3.51. The van der Waals surface area contributed by atoms with Gasteiger partial charge in [0.05, 0.1) is 22.9 Å². The summed E-state index contributed by atoms with van der Waals surface area (Å²) in [6, 6.07) is 3.58. The topological polar surface area (TPSA) is 38.5 Å². The summed E-state index contributed by atoms with van der Waals surface area (Å²) in [7, 11) is 1.84. The third-order valence-electron chi connectivity index (χ3n) is 2.65. The minimum atomic E-state index is -0.273. The SMILES string of the molecule is CC(C)OCCN(C)c1ccc(CN)c(Br)c1F. The van der Waals surface area contributed by atoms with Gasteiger partial charge in [0, 0.05) is 20.1 Å². The normalized spacial score (nSPS) is 11.1. The van der Waals surface area contributed by atoms with Gasteiger partial charge in [-0.15, -0.1) is 0 Å². The Morgan fingerprint density at radius 2 is 2.11 bits per heavy atom. The van der Waals surface area contributed by atoms with E-state index < -0.39 is 0 Å². The van der Waals surface area contributed by atoms with Gasteiger partial charge in [-0.2, -0.15) is 0 Å². The van der Waals surface area contributed by atoms with Crippen molar-refractivity contribution < 1.29 is 9.13 Å². The number of nitrogens with two attached hydrogens (primary N) is 1. The van der Waals surface area contributed by atoms with Gasteiger partial charge in [0.25, 0.3) is 0 Å². The lowest BCUT2D eigenvalue weighted by Gasteiger charge is -2.21. The molecule has 0 aromatic heterocycles. The quantitative estimate of drug-likeness (QED) is 0.876. The summed E-state index contributed by atoms with van der Waals surface area (Å²) in [6.45, 7) is 5.49. The van der Waals surface area contributed by atoms with Crippen molar-refractivity contribution in [2.24, 2.45) is 5.73 Å². The van der Waals surface area contributed by atoms with Crippen LogP contribution in [0.1, 0.15) is 19.4 Å². The van der Waals surface area contributed by atoms with Crippen LogP contribution in [0.25, 0.3) is 0 Å². The molecule has 0 aliphatic rings. The molecule has 0 fully saturated rings. The Bertz CT molecular complexity index is 399. The highest BCUT2D eigenvalue weighted by molar-refractivity contribution is 9.10. The second-order valence-electron chi connectivity index (χ2n) is 4.42. The molecule has 0 aliphatic heterocycles. The van der Waals surface area contributed by atoms with E-state index in [1.165, 1.54) is 0 Å². The van der Waals surface area contributed by atoms with Crippen LogP contribution in [0.2, 0.25) is 0 Å². The fourth-order valence-corrected chi connectivity index (χ4v) is 2.07. The van der Waals surface area contributed by atoms with E-state index in [2.05, 4.69) is 15.9 Å². The van der Waals surface area contributed by atoms with Crippen molar-refractivity contribution in [3.63, 3.8) is 0 Å². The van der Waals surface area contributed by atoms with Gasteiger partial charge in [0.1, 0.15) is 0 Å². The first kappa shape index (κ1) is 15.4. The number of hydrogen-bond acceptors (Lipinski definition) is 3. The lowest BCUT2D eigenvalue weighted by molar-refractivity contribution is 0.0845. The van der Waals surface area contributed by atoms with Gasteiger partial charge in [-0.3, -0.25) is 0 Å². The summed E-state index contributed by atoms with van der Waals surface area (Å²) in [5, 5.41) is 0. The highest BCUT2D eigenvalue weighted by atomic mass is 79.9. The van der Waals surface area contributed by atoms with Crippen molar-refractivity contribution in [3.05, 3.63) is 28.0 Å². The number of anilines is 1. The summed E-state index contributed by atoms with van der Waals surface area (Å²) in [6.07, 6.45) is 0.189. The zero-order valence-electron chi connectivity index (χ0n) is 11.0. The van der Waals surface area contributed by atoms with E-state index in [0.717, 1.165) is 5.56 Å². The number of halogens is 2. The fraction of sp³-hybridized carbons (Fsp3) is 0.538. The Kier molecular flexibility index (Phi) is 6.05. The number of ether oxygens (including phenoxy) is 1. The van der Waals surface area contributed by atoms with E-state index in [9.17, 15) is 4.39 Å². The average Bonchev–Trinajstić information content (AvgIpc) is 2.32. The van der Waals surface area contributed by atoms with Gasteiger partial charge in [0.15, 0.2) is 5.82 Å². The van der Waals surface area contributed by atoms with Gasteiger partial charge < -0.3 is 15.4 Å². The van der Waals surface area contributed by atoms with E-state index >= 15 is 0 Å². The summed E-state index contributed by atoms with van der Waals surface area (Å²) in [5.41, 5.74) is 6.84. The lowest BCUT2D eigenvalue weighted by atomic mass is 10.2. The van der Waals surface area contributed by atoms with Crippen LogP contribution in [0.15, 0.2) is 16.6 Å². The summed E-state index contributed by atoms with van der Waals surface area (Å²) in [4.78, 5) is 1.84. The van der Waals surface area contributed by atoms with E-state index in [0.29, 0.717) is 29.9 Å². The number of benzene rings is 1. The number of likely N-dealkylation sites (N-methyl/N-ethyl adjacent to an activating group) is 1. The number of hydrogen-bond donors (Lipinski definition) is 1. The minimum Gasteiger partial charge on any atom is -0.377 e. The van der Waals surface area contributed by atoms with E-state index in [1.807, 2.05) is 31.9 Å². The van der Waals surface area contributed by atoms with Crippen molar-refractivity contribution in [1.29, 1.82) is 0 Å². The van der Waals surface area contributed by atoms with Crippen molar-refractivity contribution in [1.82, 2.24) is 0 Å². The predicted molar refractivity (Wildman–Crippen MR) is 76.3 cm³/mol. The predicted octanol–water partition coefficient (Wildman–Crippen LogP) is 2.91. The van der Waals surface area contributed by atoms with Gasteiger partial charge in [-0.25, -0.2) is 4.39 Å². The maximum Gasteiger partial charge on any atom is 0.160 e. The van der Waals surface area contributed by atoms with Crippen LogP contribution in [0.5, 0.6) is 0 Å². The molecule has 5 heteroatoms. The first-order valence-electron chi connectivity index (χ1n) is 5.97. The fourth-order valence-electron chi connectivity index (χ4n) is 1.58. The molecule has 0 atom stereocenters. The third kappa shape index (κ3) is 3.93. The molecule has 1 aromatic rings. The van der Waals surface area contributed by atoms with Gasteiger partial charge in [-0.1, -0.05) is 6.07 Å². The Morgan fingerprint density at radius 1 is 1.44 bits per heavy atom. The molecule has 102 valence electrons. The van der Waals surface area contributed by atoms with Crippen molar-refractivity contribution in [3.8, 4) is 0 Å². The zero-order chi connectivity index (χ0) is 13.7. The summed E-state index contributed by atoms with van der Waals surface area (Å²) >= 11 is 3.24. The van der Waals surface area contributed by atoms with E-state index in [1.54, 1.807) is 6.07 Å². The Balaban J connectivity index is 2.74. The summed E-state index contributed by atoms with van der Waals surface area (Å²) < 4.78 is 20.0. The molecule has 0 saturated heterocycles. The largest absolute Gasteiger partial charge is 0.377 e. The molecule has 0 unspecified atom stereocenters. The zero-order valence-corrected chi connectivity index (χ0v) is 12.6. The molecule has 0 saturated carbocycles. The lowest BCUT2D eigenvalue weighted by Crippen LogP contribution is -2.25. The molecular weight excluding hydrogens is 299 g/mol. The van der Waals surface area contributed by atoms with Gasteiger partial charge >= 0.3 is 0 Å². The monoisotopic (exact) mass is 318 g/mol. The standard InChI is InChI=1S/C13H20BrFN2O/c1-9(2)18-7-6-17(3)11-5-4-10(8-16)12(14)13(11)15/h4-5,9H,6-8,16H2,1-3H3. The van der Waals surface area contributed by atoms with Crippen LogP contribution in [-0.4, -0.2) is 26.3 Å². The minimum absolute atomic E-state index is 0.189. The van der Waals surface area contributed by atoms with Crippen molar-refractivity contribution in [2.45, 2.75) is 26.5 Å². The van der Waals surface area contributed by atoms with Crippen LogP contribution in [0.4, 0.5) is 10.1 Å². The van der Waals surface area contributed by atoms with Crippen LogP contribution < -0.4 is 10.6 Å². The molecule has 3 nitrogen and oxygen atoms in total. The van der Waals surface area contributed by atoms with E-state index in [-0.39, 0.29) is 11.9 Å². The van der Waals surface area contributed by atoms with E-state index in [4.69, 9.17) is 10.5 Å². The van der Waals surface area contributed by atoms with Gasteiger partial charge in [0.2, 0.25) is 0 Å². The molecule has 0 amide bonds. The molecule has 18 heavy (non-hydrogen) atoms. The molecule has 0 spiro atoms. The van der Waals surface area contributed by atoms with Crippen molar-refractivity contribution >= 4 is 21.6 Å². The Labute approximate surface area is 116 Å².